The number of nitrogens with zero attached hydrogens (tertiary/aromatic N) is 1. The quantitative estimate of drug-likeness (QED) is 0.312. The van der Waals surface area contributed by atoms with Crippen LogP contribution in [0.25, 0.3) is 0 Å². The first-order valence-corrected chi connectivity index (χ1v) is 9.57. The average molecular weight is 347 g/mol. The van der Waals surface area contributed by atoms with Gasteiger partial charge >= 0.3 is 0 Å². The second-order valence-corrected chi connectivity index (χ2v) is 7.32. The van der Waals surface area contributed by atoms with Gasteiger partial charge in [0.05, 0.1) is 17.2 Å². The Morgan fingerprint density at radius 3 is 1.72 bits per heavy atom. The summed E-state index contributed by atoms with van der Waals surface area (Å²) in [5.41, 5.74) is -1.08. The lowest BCUT2D eigenvalue weighted by Crippen LogP contribution is -2.64. The molecule has 0 bridgehead atoms. The third kappa shape index (κ3) is 5.40. The standard InChI is InChI=1S/C22H36NO2/c1-6-11-12-17-25-20-18-21(13-7-2,14-8-3)23(24)22(19-20,15-9-4)16-10-5/h7-10,20H,2-6,11-19H2,1H3. The van der Waals surface area contributed by atoms with Gasteiger partial charge in [-0.1, -0.05) is 44.1 Å². The van der Waals surface area contributed by atoms with Crippen LogP contribution in [0.2, 0.25) is 0 Å². The van der Waals surface area contributed by atoms with Crippen LogP contribution in [-0.4, -0.2) is 28.9 Å². The van der Waals surface area contributed by atoms with Crippen LogP contribution in [-0.2, 0) is 9.94 Å². The zero-order valence-electron chi connectivity index (χ0n) is 16.0. The highest BCUT2D eigenvalue weighted by atomic mass is 16.5. The van der Waals surface area contributed by atoms with Crippen LogP contribution in [0, 0.1) is 0 Å². The van der Waals surface area contributed by atoms with Crippen molar-refractivity contribution in [2.75, 3.05) is 6.61 Å². The van der Waals surface area contributed by atoms with Crippen molar-refractivity contribution in [1.29, 1.82) is 0 Å². The van der Waals surface area contributed by atoms with E-state index in [0.717, 1.165) is 25.9 Å². The summed E-state index contributed by atoms with van der Waals surface area (Å²) in [5, 5.41) is 14.8. The topological polar surface area (TPSA) is 32.4 Å². The molecule has 0 aromatic rings. The van der Waals surface area contributed by atoms with E-state index in [0.29, 0.717) is 25.7 Å². The summed E-state index contributed by atoms with van der Waals surface area (Å²) in [6, 6.07) is 0. The average Bonchev–Trinajstić information content (AvgIpc) is 2.57. The number of hydrogen-bond acceptors (Lipinski definition) is 2. The van der Waals surface area contributed by atoms with Gasteiger partial charge in [-0.2, -0.15) is 0 Å². The van der Waals surface area contributed by atoms with Crippen molar-refractivity contribution in [2.45, 2.75) is 81.9 Å². The molecule has 1 aliphatic heterocycles. The van der Waals surface area contributed by atoms with Crippen LogP contribution in [0.5, 0.6) is 0 Å². The van der Waals surface area contributed by atoms with Crippen molar-refractivity contribution in [1.82, 2.24) is 5.06 Å². The van der Waals surface area contributed by atoms with E-state index in [1.54, 1.807) is 0 Å². The molecule has 0 saturated carbocycles. The predicted molar refractivity (Wildman–Crippen MR) is 106 cm³/mol. The molecule has 1 radical (unpaired) electrons. The second kappa shape index (κ2) is 10.7. The fourth-order valence-corrected chi connectivity index (χ4v) is 4.21. The highest BCUT2D eigenvalue weighted by Gasteiger charge is 2.53. The summed E-state index contributed by atoms with van der Waals surface area (Å²) in [6.07, 6.45) is 14.9. The molecular formula is C22H36NO2. The van der Waals surface area contributed by atoms with Gasteiger partial charge in [0, 0.05) is 6.61 Å². The molecule has 3 heteroatoms. The molecule has 0 aromatic heterocycles. The number of rotatable bonds is 13. The van der Waals surface area contributed by atoms with E-state index in [9.17, 15) is 5.21 Å². The van der Waals surface area contributed by atoms with Gasteiger partial charge in [0.2, 0.25) is 0 Å². The molecule has 25 heavy (non-hydrogen) atoms. The first kappa shape index (κ1) is 21.9. The Balaban J connectivity index is 3.12. The summed E-state index contributed by atoms with van der Waals surface area (Å²) in [4.78, 5) is 0. The summed E-state index contributed by atoms with van der Waals surface area (Å²) < 4.78 is 6.23. The molecule has 0 aromatic carbocycles. The van der Waals surface area contributed by atoms with E-state index in [1.165, 1.54) is 17.9 Å². The largest absolute Gasteiger partial charge is 0.378 e. The number of hydrogen-bond donors (Lipinski definition) is 0. The van der Waals surface area contributed by atoms with Crippen molar-refractivity contribution in [3.05, 3.63) is 50.6 Å². The van der Waals surface area contributed by atoms with Crippen molar-refractivity contribution in [3.8, 4) is 0 Å². The van der Waals surface area contributed by atoms with E-state index < -0.39 is 11.1 Å². The van der Waals surface area contributed by atoms with Crippen LogP contribution in [0.3, 0.4) is 0 Å². The smallest absolute Gasteiger partial charge is 0.0612 e. The molecule has 0 spiro atoms. The number of ether oxygens (including phenoxy) is 1. The Morgan fingerprint density at radius 2 is 1.36 bits per heavy atom. The van der Waals surface area contributed by atoms with E-state index in [2.05, 4.69) is 33.2 Å². The Morgan fingerprint density at radius 1 is 0.920 bits per heavy atom. The second-order valence-electron chi connectivity index (χ2n) is 7.32. The SMILES string of the molecule is C=CCC1(CC=C)CC(OCCCCC)CC(CC=C)(CC=C)N1[O]. The van der Waals surface area contributed by atoms with Gasteiger partial charge in [-0.25, -0.2) is 0 Å². The van der Waals surface area contributed by atoms with Gasteiger partial charge in [-0.15, -0.1) is 36.6 Å². The number of piperidine rings is 1. The maximum absolute atomic E-state index is 13.5. The molecule has 1 heterocycles. The minimum absolute atomic E-state index is 0.0712. The third-order valence-electron chi connectivity index (χ3n) is 5.28. The predicted octanol–water partition coefficient (Wildman–Crippen LogP) is 5.79. The Bertz CT molecular complexity index is 389. The van der Waals surface area contributed by atoms with Crippen LogP contribution >= 0.6 is 0 Å². The molecule has 0 unspecified atom stereocenters. The van der Waals surface area contributed by atoms with Gasteiger partial charge in [0.25, 0.3) is 0 Å². The van der Waals surface area contributed by atoms with E-state index in [4.69, 9.17) is 4.74 Å². The molecule has 3 nitrogen and oxygen atoms in total. The van der Waals surface area contributed by atoms with Crippen molar-refractivity contribution in [2.24, 2.45) is 0 Å². The molecular weight excluding hydrogens is 310 g/mol. The summed E-state index contributed by atoms with van der Waals surface area (Å²) in [7, 11) is 0. The molecule has 0 aliphatic carbocycles. The normalized spacial score (nSPS) is 20.1. The Labute approximate surface area is 154 Å². The van der Waals surface area contributed by atoms with Gasteiger partial charge in [-0.3, -0.25) is 0 Å². The number of hydroxylamine groups is 2. The summed E-state index contributed by atoms with van der Waals surface area (Å²) in [6.45, 7) is 18.5. The highest BCUT2D eigenvalue weighted by Crippen LogP contribution is 2.46. The molecule has 1 saturated heterocycles. The van der Waals surface area contributed by atoms with Gasteiger partial charge < -0.3 is 4.74 Å². The molecule has 1 rings (SSSR count). The van der Waals surface area contributed by atoms with Crippen LogP contribution in [0.4, 0.5) is 0 Å². The lowest BCUT2D eigenvalue weighted by molar-refractivity contribution is -0.316. The fourth-order valence-electron chi connectivity index (χ4n) is 4.21. The van der Waals surface area contributed by atoms with Crippen LogP contribution < -0.4 is 0 Å². The zero-order valence-corrected chi connectivity index (χ0v) is 16.0. The molecule has 1 fully saturated rings. The van der Waals surface area contributed by atoms with E-state index >= 15 is 0 Å². The molecule has 0 N–H and O–H groups in total. The van der Waals surface area contributed by atoms with Crippen molar-refractivity contribution >= 4 is 0 Å². The third-order valence-corrected chi connectivity index (χ3v) is 5.28. The van der Waals surface area contributed by atoms with Gasteiger partial charge in [-0.05, 0) is 44.9 Å². The van der Waals surface area contributed by atoms with E-state index in [1.807, 2.05) is 24.3 Å². The van der Waals surface area contributed by atoms with Crippen molar-refractivity contribution < 1.29 is 9.94 Å². The highest BCUT2D eigenvalue weighted by molar-refractivity contribution is 5.12. The molecule has 1 aliphatic rings. The maximum atomic E-state index is 13.5. The summed E-state index contributed by atoms with van der Waals surface area (Å²) in [5.74, 6) is 0. The maximum Gasteiger partial charge on any atom is 0.0612 e. The Hall–Kier alpha value is -1.16. The molecule has 141 valence electrons. The Kier molecular flexibility index (Phi) is 9.41. The first-order valence-electron chi connectivity index (χ1n) is 9.57. The minimum atomic E-state index is -0.538. The fraction of sp³-hybridized carbons (Fsp3) is 0.636. The molecule has 0 atom stereocenters. The van der Waals surface area contributed by atoms with Gasteiger partial charge in [0.1, 0.15) is 0 Å². The van der Waals surface area contributed by atoms with Gasteiger partial charge in [0.15, 0.2) is 0 Å². The lowest BCUT2D eigenvalue weighted by Gasteiger charge is -2.55. The van der Waals surface area contributed by atoms with Crippen LogP contribution in [0.15, 0.2) is 50.6 Å². The zero-order chi connectivity index (χ0) is 18.8. The monoisotopic (exact) mass is 346 g/mol. The molecule has 0 amide bonds. The minimum Gasteiger partial charge on any atom is -0.378 e. The lowest BCUT2D eigenvalue weighted by atomic mass is 9.71. The van der Waals surface area contributed by atoms with E-state index in [-0.39, 0.29) is 6.10 Å². The van der Waals surface area contributed by atoms with Crippen molar-refractivity contribution in [3.63, 3.8) is 0 Å². The van der Waals surface area contributed by atoms with Crippen LogP contribution in [0.1, 0.15) is 64.7 Å². The first-order chi connectivity index (χ1) is 12.0. The summed E-state index contributed by atoms with van der Waals surface area (Å²) >= 11 is 0. The number of unbranched alkanes of at least 4 members (excludes halogenated alkanes) is 2.